The Balaban J connectivity index is 2.15. The normalized spacial score (nSPS) is 18.6. The fourth-order valence-electron chi connectivity index (χ4n) is 2.55. The number of carbonyl (C=O) groups excluding carboxylic acids is 2. The lowest BCUT2D eigenvalue weighted by Gasteiger charge is -2.33. The lowest BCUT2D eigenvalue weighted by molar-refractivity contribution is -0.147. The minimum atomic E-state index is -0.754. The third-order valence-corrected chi connectivity index (χ3v) is 4.10. The van der Waals surface area contributed by atoms with E-state index in [1.54, 1.807) is 0 Å². The van der Waals surface area contributed by atoms with Crippen LogP contribution >= 0.6 is 0 Å². The number of amides is 1. The molecule has 0 aliphatic carbocycles. The van der Waals surface area contributed by atoms with Crippen molar-refractivity contribution in [2.75, 3.05) is 20.2 Å². The molecule has 1 amide bonds. The van der Waals surface area contributed by atoms with Gasteiger partial charge in [-0.3, -0.25) is 4.79 Å². The quantitative estimate of drug-likeness (QED) is 0.823. The van der Waals surface area contributed by atoms with Crippen molar-refractivity contribution >= 4 is 11.9 Å². The summed E-state index contributed by atoms with van der Waals surface area (Å²) in [6.45, 7) is 3.58. The topological polar surface area (TPSA) is 67.4 Å². The van der Waals surface area contributed by atoms with E-state index in [1.807, 2.05) is 37.3 Å². The third-order valence-electron chi connectivity index (χ3n) is 4.10. The summed E-state index contributed by atoms with van der Waals surface area (Å²) in [6, 6.07) is 8.41. The number of rotatable bonds is 4. The molecular formula is C16H22N2O3. The van der Waals surface area contributed by atoms with Gasteiger partial charge in [0.2, 0.25) is 5.91 Å². The van der Waals surface area contributed by atoms with Crippen LogP contribution in [0.15, 0.2) is 30.3 Å². The number of ether oxygens (including phenoxy) is 1. The van der Waals surface area contributed by atoms with Crippen LogP contribution in [-0.4, -0.2) is 32.1 Å². The molecule has 1 unspecified atom stereocenters. The molecule has 0 saturated carbocycles. The monoisotopic (exact) mass is 290 g/mol. The van der Waals surface area contributed by atoms with Crippen molar-refractivity contribution in [3.05, 3.63) is 35.9 Å². The molecule has 1 heterocycles. The van der Waals surface area contributed by atoms with Gasteiger partial charge in [-0.15, -0.1) is 0 Å². The summed E-state index contributed by atoms with van der Waals surface area (Å²) in [7, 11) is 1.33. The Bertz CT molecular complexity index is 496. The first-order valence-electron chi connectivity index (χ1n) is 7.21. The fraction of sp³-hybridized carbons (Fsp3) is 0.500. The lowest BCUT2D eigenvalue weighted by Crippen LogP contribution is -2.48. The first-order chi connectivity index (χ1) is 10.1. The second kappa shape index (κ2) is 6.72. The Kier molecular flexibility index (Phi) is 4.96. The number of piperidine rings is 1. The van der Waals surface area contributed by atoms with Gasteiger partial charge in [0.15, 0.2) is 6.04 Å². The van der Waals surface area contributed by atoms with E-state index in [9.17, 15) is 9.59 Å². The highest BCUT2D eigenvalue weighted by Gasteiger charge is 2.37. The number of nitrogens with one attached hydrogen (secondary N) is 2. The standard InChI is InChI=1S/C16H22N2O3/c1-16(8-10-17-11-9-16)15(20)18-13(14(19)21-2)12-6-4-3-5-7-12/h3-7,13,17H,8-11H2,1-2H3,(H,18,20). The van der Waals surface area contributed by atoms with Crippen molar-refractivity contribution in [3.8, 4) is 0 Å². The minimum Gasteiger partial charge on any atom is -0.467 e. The molecule has 1 saturated heterocycles. The zero-order chi connectivity index (χ0) is 15.3. The van der Waals surface area contributed by atoms with Crippen molar-refractivity contribution in [3.63, 3.8) is 0 Å². The van der Waals surface area contributed by atoms with E-state index in [2.05, 4.69) is 10.6 Å². The largest absolute Gasteiger partial charge is 0.467 e. The van der Waals surface area contributed by atoms with Crippen LogP contribution in [0, 0.1) is 5.41 Å². The molecule has 21 heavy (non-hydrogen) atoms. The van der Waals surface area contributed by atoms with Gasteiger partial charge in [-0.2, -0.15) is 0 Å². The van der Waals surface area contributed by atoms with Gasteiger partial charge in [-0.25, -0.2) is 4.79 Å². The molecule has 1 atom stereocenters. The van der Waals surface area contributed by atoms with Crippen molar-refractivity contribution in [2.24, 2.45) is 5.41 Å². The van der Waals surface area contributed by atoms with Gasteiger partial charge in [0.1, 0.15) is 0 Å². The van der Waals surface area contributed by atoms with E-state index in [0.717, 1.165) is 31.5 Å². The smallest absolute Gasteiger partial charge is 0.333 e. The van der Waals surface area contributed by atoms with Gasteiger partial charge in [-0.1, -0.05) is 37.3 Å². The summed E-state index contributed by atoms with van der Waals surface area (Å²) in [5.41, 5.74) is 0.294. The summed E-state index contributed by atoms with van der Waals surface area (Å²) in [4.78, 5) is 24.6. The molecule has 0 radical (unpaired) electrons. The summed E-state index contributed by atoms with van der Waals surface area (Å²) in [6.07, 6.45) is 1.53. The van der Waals surface area contributed by atoms with E-state index in [4.69, 9.17) is 4.74 Å². The molecule has 1 aliphatic heterocycles. The van der Waals surface area contributed by atoms with Gasteiger partial charge < -0.3 is 15.4 Å². The van der Waals surface area contributed by atoms with E-state index >= 15 is 0 Å². The fourth-order valence-corrected chi connectivity index (χ4v) is 2.55. The molecule has 2 N–H and O–H groups in total. The van der Waals surface area contributed by atoms with Crippen LogP contribution in [-0.2, 0) is 14.3 Å². The van der Waals surface area contributed by atoms with Crippen LogP contribution in [0.2, 0.25) is 0 Å². The van der Waals surface area contributed by atoms with E-state index in [0.29, 0.717) is 0 Å². The molecule has 5 heteroatoms. The lowest BCUT2D eigenvalue weighted by atomic mass is 9.80. The Morgan fingerprint density at radius 3 is 2.43 bits per heavy atom. The van der Waals surface area contributed by atoms with Crippen molar-refractivity contribution in [2.45, 2.75) is 25.8 Å². The highest BCUT2D eigenvalue weighted by atomic mass is 16.5. The molecule has 0 spiro atoms. The molecule has 0 aromatic heterocycles. The SMILES string of the molecule is COC(=O)C(NC(=O)C1(C)CCNCC1)c1ccccc1. The van der Waals surface area contributed by atoms with Gasteiger partial charge >= 0.3 is 5.97 Å². The average Bonchev–Trinajstić information content (AvgIpc) is 2.53. The highest BCUT2D eigenvalue weighted by Crippen LogP contribution is 2.29. The summed E-state index contributed by atoms with van der Waals surface area (Å²) >= 11 is 0. The molecule has 5 nitrogen and oxygen atoms in total. The van der Waals surface area contributed by atoms with Crippen molar-refractivity contribution in [1.82, 2.24) is 10.6 Å². The van der Waals surface area contributed by atoms with Crippen LogP contribution in [0.25, 0.3) is 0 Å². The number of benzene rings is 1. The zero-order valence-electron chi connectivity index (χ0n) is 12.5. The minimum absolute atomic E-state index is 0.0942. The predicted octanol–water partition coefficient (Wildman–Crippen LogP) is 1.41. The van der Waals surface area contributed by atoms with Crippen molar-refractivity contribution in [1.29, 1.82) is 0 Å². The first kappa shape index (κ1) is 15.5. The van der Waals surface area contributed by atoms with Gasteiger partial charge in [0, 0.05) is 5.41 Å². The second-order valence-electron chi connectivity index (χ2n) is 5.65. The maximum atomic E-state index is 12.6. The van der Waals surface area contributed by atoms with Gasteiger partial charge in [0.05, 0.1) is 7.11 Å². The van der Waals surface area contributed by atoms with E-state index in [-0.39, 0.29) is 5.91 Å². The Labute approximate surface area is 125 Å². The van der Waals surface area contributed by atoms with Crippen LogP contribution in [0.1, 0.15) is 31.4 Å². The van der Waals surface area contributed by atoms with Crippen LogP contribution in [0.4, 0.5) is 0 Å². The van der Waals surface area contributed by atoms with Gasteiger partial charge in [-0.05, 0) is 31.5 Å². The number of carbonyl (C=O) groups is 2. The molecular weight excluding hydrogens is 268 g/mol. The molecule has 1 aromatic rings. The van der Waals surface area contributed by atoms with Crippen LogP contribution in [0.5, 0.6) is 0 Å². The highest BCUT2D eigenvalue weighted by molar-refractivity contribution is 5.88. The summed E-state index contributed by atoms with van der Waals surface area (Å²) in [5, 5.41) is 6.10. The number of hydrogen-bond donors (Lipinski definition) is 2. The van der Waals surface area contributed by atoms with Crippen LogP contribution in [0.3, 0.4) is 0 Å². The Hall–Kier alpha value is -1.88. The molecule has 1 aliphatic rings. The van der Waals surface area contributed by atoms with Crippen LogP contribution < -0.4 is 10.6 Å². The molecule has 1 aromatic carbocycles. The third kappa shape index (κ3) is 3.61. The van der Waals surface area contributed by atoms with E-state index in [1.165, 1.54) is 7.11 Å². The molecule has 114 valence electrons. The average molecular weight is 290 g/mol. The number of hydrogen-bond acceptors (Lipinski definition) is 4. The Morgan fingerprint density at radius 1 is 1.24 bits per heavy atom. The van der Waals surface area contributed by atoms with Gasteiger partial charge in [0.25, 0.3) is 0 Å². The molecule has 0 bridgehead atoms. The summed E-state index contributed by atoms with van der Waals surface area (Å²) in [5.74, 6) is -0.546. The first-order valence-corrected chi connectivity index (χ1v) is 7.21. The van der Waals surface area contributed by atoms with Crippen molar-refractivity contribution < 1.29 is 14.3 Å². The van der Waals surface area contributed by atoms with E-state index < -0.39 is 17.4 Å². The molecule has 1 fully saturated rings. The maximum absolute atomic E-state index is 12.6. The molecule has 2 rings (SSSR count). The Morgan fingerprint density at radius 2 is 1.86 bits per heavy atom. The summed E-state index contributed by atoms with van der Waals surface area (Å²) < 4.78 is 4.82. The second-order valence-corrected chi connectivity index (χ2v) is 5.65. The number of esters is 1. The number of methoxy groups -OCH3 is 1. The maximum Gasteiger partial charge on any atom is 0.333 e. The predicted molar refractivity (Wildman–Crippen MR) is 79.6 cm³/mol. The zero-order valence-corrected chi connectivity index (χ0v) is 12.5.